The van der Waals surface area contributed by atoms with E-state index in [9.17, 15) is 9.59 Å². The molecule has 0 saturated carbocycles. The Labute approximate surface area is 171 Å². The van der Waals surface area contributed by atoms with E-state index in [0.717, 1.165) is 17.8 Å². The number of amides is 2. The fourth-order valence-corrected chi connectivity index (χ4v) is 3.78. The Bertz CT molecular complexity index is 789. The Morgan fingerprint density at radius 2 is 2.10 bits per heavy atom. The number of carbonyl (C=O) groups is 2. The van der Waals surface area contributed by atoms with Crippen molar-refractivity contribution in [2.45, 2.75) is 58.4 Å². The monoisotopic (exact) mass is 402 g/mol. The van der Waals surface area contributed by atoms with Gasteiger partial charge in [0.15, 0.2) is 0 Å². The average Bonchev–Trinajstić information content (AvgIpc) is 3.01. The van der Waals surface area contributed by atoms with Crippen molar-refractivity contribution in [1.82, 2.24) is 15.2 Å². The van der Waals surface area contributed by atoms with E-state index in [1.54, 1.807) is 11.0 Å². The molecule has 0 bridgehead atoms. The highest BCUT2D eigenvalue weighted by molar-refractivity contribution is 5.70. The molecule has 158 valence electrons. The molecule has 1 N–H and O–H groups in total. The van der Waals surface area contributed by atoms with Crippen molar-refractivity contribution in [3.63, 3.8) is 0 Å². The fraction of sp³-hybridized carbons (Fsp3) is 0.571. The second-order valence-corrected chi connectivity index (χ2v) is 8.53. The quantitative estimate of drug-likeness (QED) is 0.780. The number of carbonyl (C=O) groups excluding carboxylic acids is 2. The van der Waals surface area contributed by atoms with Gasteiger partial charge in [0.25, 0.3) is 0 Å². The molecule has 8 heteroatoms. The first kappa shape index (κ1) is 21.0. The first-order valence-corrected chi connectivity index (χ1v) is 9.94. The second-order valence-electron chi connectivity index (χ2n) is 8.53. The first-order chi connectivity index (χ1) is 13.7. The van der Waals surface area contributed by atoms with E-state index in [1.165, 1.54) is 0 Å². The minimum absolute atomic E-state index is 0.104. The summed E-state index contributed by atoms with van der Waals surface area (Å²) >= 11 is 0. The number of ether oxygens (including phenoxy) is 2. The van der Waals surface area contributed by atoms with Gasteiger partial charge in [-0.1, -0.05) is 12.1 Å². The third-order valence-electron chi connectivity index (χ3n) is 4.89. The Balaban J connectivity index is 1.66. The lowest BCUT2D eigenvalue weighted by molar-refractivity contribution is 0.0191. The smallest absolute Gasteiger partial charge is 0.410 e. The number of anilines is 1. The van der Waals surface area contributed by atoms with Gasteiger partial charge in [-0.15, -0.1) is 6.58 Å². The molecule has 3 rings (SSSR count). The van der Waals surface area contributed by atoms with Gasteiger partial charge < -0.3 is 24.6 Å². The molecule has 2 atom stereocenters. The summed E-state index contributed by atoms with van der Waals surface area (Å²) in [6, 6.07) is 4.20. The van der Waals surface area contributed by atoms with Gasteiger partial charge in [-0.2, -0.15) is 0 Å². The number of piperazine rings is 1. The number of hydrogen-bond acceptors (Lipinski definition) is 6. The average molecular weight is 402 g/mol. The van der Waals surface area contributed by atoms with E-state index in [1.807, 2.05) is 32.9 Å². The molecular formula is C21H30N4O4. The molecule has 0 spiro atoms. The minimum atomic E-state index is -0.509. The van der Waals surface area contributed by atoms with Crippen LogP contribution in [0.15, 0.2) is 24.8 Å². The number of aromatic nitrogens is 1. The summed E-state index contributed by atoms with van der Waals surface area (Å²) in [6.07, 6.45) is 1.65. The van der Waals surface area contributed by atoms with Crippen molar-refractivity contribution in [2.24, 2.45) is 0 Å². The van der Waals surface area contributed by atoms with Crippen LogP contribution < -0.4 is 10.2 Å². The zero-order valence-electron chi connectivity index (χ0n) is 17.6. The molecule has 2 aliphatic heterocycles. The van der Waals surface area contributed by atoms with Crippen LogP contribution in [0.2, 0.25) is 0 Å². The van der Waals surface area contributed by atoms with Gasteiger partial charge in [-0.3, -0.25) is 0 Å². The van der Waals surface area contributed by atoms with E-state index in [-0.39, 0.29) is 24.8 Å². The molecule has 0 radical (unpaired) electrons. The molecule has 1 aromatic heterocycles. The number of rotatable bonds is 4. The predicted octanol–water partition coefficient (Wildman–Crippen LogP) is 2.86. The van der Waals surface area contributed by atoms with Crippen LogP contribution in [0.4, 0.5) is 15.4 Å². The molecule has 2 amide bonds. The van der Waals surface area contributed by atoms with E-state index in [4.69, 9.17) is 14.5 Å². The van der Waals surface area contributed by atoms with E-state index >= 15 is 0 Å². The molecule has 8 nitrogen and oxygen atoms in total. The maximum Gasteiger partial charge on any atom is 0.410 e. The zero-order chi connectivity index (χ0) is 21.2. The molecule has 1 fully saturated rings. The van der Waals surface area contributed by atoms with Crippen molar-refractivity contribution < 1.29 is 19.1 Å². The third-order valence-corrected chi connectivity index (χ3v) is 4.89. The van der Waals surface area contributed by atoms with E-state index < -0.39 is 11.7 Å². The van der Waals surface area contributed by atoms with Crippen molar-refractivity contribution in [3.8, 4) is 0 Å². The minimum Gasteiger partial charge on any atom is -0.444 e. The molecule has 3 heterocycles. The molecule has 0 aromatic carbocycles. The normalized spacial score (nSPS) is 20.6. The first-order valence-electron chi connectivity index (χ1n) is 9.94. The Morgan fingerprint density at radius 3 is 2.79 bits per heavy atom. The second kappa shape index (κ2) is 8.31. The Kier molecular flexibility index (Phi) is 6.00. The van der Waals surface area contributed by atoms with Gasteiger partial charge in [0, 0.05) is 25.7 Å². The SMILES string of the molecule is C=CCNC(=O)OCc1ccc2c(n1)N1[C@H](C2)CN(C(=O)OC(C)(C)C)C[C@H]1C. The Hall–Kier alpha value is -2.77. The number of nitrogens with one attached hydrogen (secondary N) is 1. The fourth-order valence-electron chi connectivity index (χ4n) is 3.78. The van der Waals surface area contributed by atoms with E-state index in [0.29, 0.717) is 25.3 Å². The number of alkyl carbamates (subject to hydrolysis) is 1. The third kappa shape index (κ3) is 4.99. The summed E-state index contributed by atoms with van der Waals surface area (Å²) in [6.45, 7) is 12.9. The van der Waals surface area contributed by atoms with Crippen LogP contribution >= 0.6 is 0 Å². The van der Waals surface area contributed by atoms with Gasteiger partial charge in [0.1, 0.15) is 18.0 Å². The lowest BCUT2D eigenvalue weighted by atomic mass is 10.1. The van der Waals surface area contributed by atoms with Crippen molar-refractivity contribution >= 4 is 18.0 Å². The Morgan fingerprint density at radius 1 is 1.34 bits per heavy atom. The summed E-state index contributed by atoms with van der Waals surface area (Å²) in [5.41, 5.74) is 1.33. The van der Waals surface area contributed by atoms with Crippen LogP contribution in [0, 0.1) is 0 Å². The predicted molar refractivity (Wildman–Crippen MR) is 110 cm³/mol. The number of fused-ring (bicyclic) bond motifs is 3. The highest BCUT2D eigenvalue weighted by Crippen LogP contribution is 2.35. The molecule has 0 unspecified atom stereocenters. The van der Waals surface area contributed by atoms with Crippen molar-refractivity contribution in [3.05, 3.63) is 36.0 Å². The molecule has 29 heavy (non-hydrogen) atoms. The summed E-state index contributed by atoms with van der Waals surface area (Å²) < 4.78 is 10.7. The molecular weight excluding hydrogens is 372 g/mol. The van der Waals surface area contributed by atoms with Crippen LogP contribution in [-0.2, 0) is 22.5 Å². The van der Waals surface area contributed by atoms with Gasteiger partial charge in [-0.05, 0) is 45.7 Å². The van der Waals surface area contributed by atoms with Crippen molar-refractivity contribution in [2.75, 3.05) is 24.5 Å². The van der Waals surface area contributed by atoms with Crippen LogP contribution in [0.25, 0.3) is 0 Å². The largest absolute Gasteiger partial charge is 0.444 e. The maximum atomic E-state index is 12.5. The maximum absolute atomic E-state index is 12.5. The van der Waals surface area contributed by atoms with E-state index in [2.05, 4.69) is 23.7 Å². The molecule has 1 aromatic rings. The zero-order valence-corrected chi connectivity index (χ0v) is 17.6. The summed E-state index contributed by atoms with van der Waals surface area (Å²) in [7, 11) is 0. The number of nitrogens with zero attached hydrogens (tertiary/aromatic N) is 3. The number of hydrogen-bond donors (Lipinski definition) is 1. The van der Waals surface area contributed by atoms with Gasteiger partial charge in [0.05, 0.1) is 11.7 Å². The standard InChI is InChI=1S/C21H30N4O4/c1-6-9-22-19(26)28-13-16-8-7-15-10-17-12-24(20(27)29-21(3,4)5)11-14(2)25(17)18(15)23-16/h6-8,14,17H,1,9-13H2,2-5H3,(H,22,26)/t14-,17-/m1/s1. The molecule has 0 aliphatic carbocycles. The lowest BCUT2D eigenvalue weighted by Gasteiger charge is -2.43. The number of pyridine rings is 1. The highest BCUT2D eigenvalue weighted by Gasteiger charge is 2.41. The lowest BCUT2D eigenvalue weighted by Crippen LogP contribution is -2.58. The van der Waals surface area contributed by atoms with Crippen LogP contribution in [0.1, 0.15) is 39.0 Å². The highest BCUT2D eigenvalue weighted by atomic mass is 16.6. The van der Waals surface area contributed by atoms with Gasteiger partial charge >= 0.3 is 12.2 Å². The summed E-state index contributed by atoms with van der Waals surface area (Å²) in [5, 5.41) is 2.57. The van der Waals surface area contributed by atoms with Gasteiger partial charge in [0.2, 0.25) is 0 Å². The molecule has 2 aliphatic rings. The molecule has 1 saturated heterocycles. The van der Waals surface area contributed by atoms with Crippen molar-refractivity contribution in [1.29, 1.82) is 0 Å². The van der Waals surface area contributed by atoms with Crippen LogP contribution in [-0.4, -0.2) is 59.4 Å². The van der Waals surface area contributed by atoms with Crippen LogP contribution in [0.3, 0.4) is 0 Å². The van der Waals surface area contributed by atoms with Gasteiger partial charge in [-0.25, -0.2) is 14.6 Å². The topological polar surface area (TPSA) is 84.0 Å². The summed E-state index contributed by atoms with van der Waals surface area (Å²) in [4.78, 5) is 32.9. The summed E-state index contributed by atoms with van der Waals surface area (Å²) in [5.74, 6) is 0.916. The van der Waals surface area contributed by atoms with Crippen LogP contribution in [0.5, 0.6) is 0 Å².